The van der Waals surface area contributed by atoms with E-state index in [4.69, 9.17) is 5.84 Å². The summed E-state index contributed by atoms with van der Waals surface area (Å²) in [5.41, 5.74) is 2.75. The number of hydrogen-bond donors (Lipinski definition) is 2. The molecule has 0 amide bonds. The average molecular weight is 295 g/mol. The summed E-state index contributed by atoms with van der Waals surface area (Å²) in [5.74, 6) is 5.68. The molecule has 6 heteroatoms. The predicted molar refractivity (Wildman–Crippen MR) is 75.1 cm³/mol. The normalized spacial score (nSPS) is 20.6. The molecule has 0 aliphatic heterocycles. The fraction of sp³-hybridized carbons (Fsp3) is 1.00. The van der Waals surface area contributed by atoms with Crippen LogP contribution in [-0.2, 0) is 0 Å². The molecule has 1 rings (SSSR count). The quantitative estimate of drug-likeness (QED) is 0.534. The van der Waals surface area contributed by atoms with Gasteiger partial charge in [0, 0.05) is 18.0 Å². The Morgan fingerprint density at radius 2 is 1.75 bits per heavy atom. The minimum Gasteiger partial charge on any atom is -0.297 e. The highest BCUT2D eigenvalue weighted by atomic mass is 19.4. The summed E-state index contributed by atoms with van der Waals surface area (Å²) in [5, 5.41) is 0. The van der Waals surface area contributed by atoms with Crippen LogP contribution in [0.2, 0.25) is 0 Å². The van der Waals surface area contributed by atoms with Gasteiger partial charge in [-0.25, -0.2) is 0 Å². The zero-order chi connectivity index (χ0) is 15.2. The second kappa shape index (κ2) is 7.61. The Morgan fingerprint density at radius 1 is 1.20 bits per heavy atom. The molecule has 1 aliphatic rings. The van der Waals surface area contributed by atoms with Crippen LogP contribution in [0.5, 0.6) is 0 Å². The smallest absolute Gasteiger partial charge is 0.297 e. The second-order valence-electron chi connectivity index (χ2n) is 5.71. The molecule has 0 aromatic rings. The van der Waals surface area contributed by atoms with Gasteiger partial charge in [0.25, 0.3) is 0 Å². The Morgan fingerprint density at radius 3 is 2.15 bits per heavy atom. The standard InChI is InChI=1S/C14H28F3N3/c1-3-20(4-2)13(9-5-6-10-13)12(19-18)8-7-11-14(15,16)17/h12,19H,3-11,18H2,1-2H3. The summed E-state index contributed by atoms with van der Waals surface area (Å²) in [4.78, 5) is 2.37. The molecule has 0 spiro atoms. The molecule has 0 aromatic carbocycles. The van der Waals surface area contributed by atoms with E-state index in [0.717, 1.165) is 38.8 Å². The van der Waals surface area contributed by atoms with Crippen LogP contribution in [0.15, 0.2) is 0 Å². The fourth-order valence-electron chi connectivity index (χ4n) is 3.74. The molecular weight excluding hydrogens is 267 g/mol. The molecule has 1 atom stereocenters. The van der Waals surface area contributed by atoms with Crippen LogP contribution in [0.4, 0.5) is 13.2 Å². The van der Waals surface area contributed by atoms with E-state index >= 15 is 0 Å². The van der Waals surface area contributed by atoms with E-state index in [2.05, 4.69) is 24.2 Å². The van der Waals surface area contributed by atoms with Crippen LogP contribution in [0, 0.1) is 0 Å². The molecule has 3 nitrogen and oxygen atoms in total. The molecule has 0 bridgehead atoms. The Kier molecular flexibility index (Phi) is 6.75. The van der Waals surface area contributed by atoms with E-state index in [0.29, 0.717) is 6.42 Å². The van der Waals surface area contributed by atoms with E-state index in [-0.39, 0.29) is 18.0 Å². The van der Waals surface area contributed by atoms with Gasteiger partial charge >= 0.3 is 6.18 Å². The lowest BCUT2D eigenvalue weighted by Gasteiger charge is -2.46. The maximum Gasteiger partial charge on any atom is 0.389 e. The molecule has 1 unspecified atom stereocenters. The van der Waals surface area contributed by atoms with Gasteiger partial charge in [0.15, 0.2) is 0 Å². The molecule has 20 heavy (non-hydrogen) atoms. The molecule has 1 fully saturated rings. The average Bonchev–Trinajstić information content (AvgIpc) is 2.85. The molecule has 3 N–H and O–H groups in total. The maximum atomic E-state index is 12.3. The van der Waals surface area contributed by atoms with Gasteiger partial charge in [-0.1, -0.05) is 26.7 Å². The molecule has 0 heterocycles. The van der Waals surface area contributed by atoms with Crippen LogP contribution in [0.1, 0.15) is 58.8 Å². The summed E-state index contributed by atoms with van der Waals surface area (Å²) in [6.07, 6.45) is 0.137. The van der Waals surface area contributed by atoms with E-state index < -0.39 is 12.6 Å². The summed E-state index contributed by atoms with van der Waals surface area (Å²) in [6, 6.07) is -0.0627. The number of nitrogens with one attached hydrogen (secondary N) is 1. The zero-order valence-electron chi connectivity index (χ0n) is 12.6. The van der Waals surface area contributed by atoms with E-state index in [1.54, 1.807) is 0 Å². The van der Waals surface area contributed by atoms with Crippen molar-refractivity contribution in [1.82, 2.24) is 10.3 Å². The maximum absolute atomic E-state index is 12.3. The Bertz CT molecular complexity index is 271. The van der Waals surface area contributed by atoms with Crippen molar-refractivity contribution in [1.29, 1.82) is 0 Å². The number of hydrazine groups is 1. The summed E-state index contributed by atoms with van der Waals surface area (Å²) in [6.45, 7) is 6.03. The van der Waals surface area contributed by atoms with Crippen molar-refractivity contribution in [2.45, 2.75) is 76.6 Å². The Balaban J connectivity index is 2.71. The van der Waals surface area contributed by atoms with E-state index in [1.807, 2.05) is 0 Å². The van der Waals surface area contributed by atoms with Crippen LogP contribution < -0.4 is 11.3 Å². The van der Waals surface area contributed by atoms with Crippen molar-refractivity contribution in [2.24, 2.45) is 5.84 Å². The lowest BCUT2D eigenvalue weighted by Crippen LogP contribution is -2.61. The minimum absolute atomic E-state index is 0.0627. The number of likely N-dealkylation sites (N-methyl/N-ethyl adjacent to an activating group) is 1. The van der Waals surface area contributed by atoms with Crippen LogP contribution in [0.3, 0.4) is 0 Å². The minimum atomic E-state index is -4.07. The van der Waals surface area contributed by atoms with Crippen LogP contribution in [-0.4, -0.2) is 35.7 Å². The molecule has 0 aromatic heterocycles. The summed E-state index contributed by atoms with van der Waals surface area (Å²) < 4.78 is 36.9. The van der Waals surface area contributed by atoms with E-state index in [9.17, 15) is 13.2 Å². The van der Waals surface area contributed by atoms with Crippen molar-refractivity contribution in [3.05, 3.63) is 0 Å². The highest BCUT2D eigenvalue weighted by molar-refractivity contribution is 5.02. The Labute approximate surface area is 120 Å². The first-order valence-electron chi connectivity index (χ1n) is 7.67. The molecule has 0 saturated heterocycles. The van der Waals surface area contributed by atoms with E-state index in [1.165, 1.54) is 0 Å². The first-order valence-corrected chi connectivity index (χ1v) is 7.67. The molecular formula is C14H28F3N3. The highest BCUT2D eigenvalue weighted by Crippen LogP contribution is 2.39. The number of nitrogens with two attached hydrogens (primary N) is 1. The third kappa shape index (κ3) is 4.33. The second-order valence-corrected chi connectivity index (χ2v) is 5.71. The number of nitrogens with zero attached hydrogens (tertiary/aromatic N) is 1. The van der Waals surface area contributed by atoms with Crippen LogP contribution >= 0.6 is 0 Å². The molecule has 1 aliphatic carbocycles. The summed E-state index contributed by atoms with van der Waals surface area (Å²) >= 11 is 0. The lowest BCUT2D eigenvalue weighted by atomic mass is 9.83. The van der Waals surface area contributed by atoms with Crippen molar-refractivity contribution in [3.8, 4) is 0 Å². The van der Waals surface area contributed by atoms with Crippen molar-refractivity contribution >= 4 is 0 Å². The van der Waals surface area contributed by atoms with Gasteiger partial charge in [0.1, 0.15) is 0 Å². The van der Waals surface area contributed by atoms with Gasteiger partial charge in [-0.05, 0) is 38.8 Å². The number of rotatable bonds is 8. The summed E-state index contributed by atoms with van der Waals surface area (Å²) in [7, 11) is 0. The van der Waals surface area contributed by atoms with Gasteiger partial charge in [0.2, 0.25) is 0 Å². The van der Waals surface area contributed by atoms with Gasteiger partial charge < -0.3 is 0 Å². The fourth-order valence-corrected chi connectivity index (χ4v) is 3.74. The molecule has 120 valence electrons. The number of halogens is 3. The number of alkyl halides is 3. The van der Waals surface area contributed by atoms with Gasteiger partial charge in [0.05, 0.1) is 0 Å². The predicted octanol–water partition coefficient (Wildman–Crippen LogP) is 3.21. The van der Waals surface area contributed by atoms with Gasteiger partial charge in [-0.3, -0.25) is 16.2 Å². The van der Waals surface area contributed by atoms with Crippen molar-refractivity contribution in [2.75, 3.05) is 13.1 Å². The first kappa shape index (κ1) is 17.7. The topological polar surface area (TPSA) is 41.3 Å². The van der Waals surface area contributed by atoms with Crippen molar-refractivity contribution in [3.63, 3.8) is 0 Å². The molecule has 1 saturated carbocycles. The Hall–Kier alpha value is -0.330. The SMILES string of the molecule is CCN(CC)C1(C(CCCC(F)(F)F)NN)CCCC1. The first-order chi connectivity index (χ1) is 9.39. The molecule has 0 radical (unpaired) electrons. The largest absolute Gasteiger partial charge is 0.389 e. The zero-order valence-corrected chi connectivity index (χ0v) is 12.6. The monoisotopic (exact) mass is 295 g/mol. The number of hydrogen-bond acceptors (Lipinski definition) is 3. The van der Waals surface area contributed by atoms with Gasteiger partial charge in [-0.15, -0.1) is 0 Å². The van der Waals surface area contributed by atoms with Crippen LogP contribution in [0.25, 0.3) is 0 Å². The van der Waals surface area contributed by atoms with Gasteiger partial charge in [-0.2, -0.15) is 13.2 Å². The third-order valence-corrected chi connectivity index (χ3v) is 4.67. The third-order valence-electron chi connectivity index (χ3n) is 4.67. The van der Waals surface area contributed by atoms with Crippen molar-refractivity contribution < 1.29 is 13.2 Å². The lowest BCUT2D eigenvalue weighted by molar-refractivity contribution is -0.136. The highest BCUT2D eigenvalue weighted by Gasteiger charge is 2.44.